The largest absolute Gasteiger partial charge is 0.342 e. The van der Waals surface area contributed by atoms with Crippen LogP contribution in [0.2, 0.25) is 0 Å². The van der Waals surface area contributed by atoms with Gasteiger partial charge in [0, 0.05) is 23.1 Å². The highest BCUT2D eigenvalue weighted by Crippen LogP contribution is 2.29. The summed E-state index contributed by atoms with van der Waals surface area (Å²) in [6, 6.07) is 8.17. The summed E-state index contributed by atoms with van der Waals surface area (Å²) in [6.07, 6.45) is 0.602. The second kappa shape index (κ2) is 5.34. The van der Waals surface area contributed by atoms with Gasteiger partial charge in [0.05, 0.1) is 0 Å². The second-order valence-corrected chi connectivity index (χ2v) is 5.71. The quantitative estimate of drug-likeness (QED) is 0.861. The molecule has 21 heavy (non-hydrogen) atoms. The predicted molar refractivity (Wildman–Crippen MR) is 78.1 cm³/mol. The number of benzene rings is 1. The van der Waals surface area contributed by atoms with Crippen LogP contribution in [0.5, 0.6) is 0 Å². The van der Waals surface area contributed by atoms with E-state index in [0.29, 0.717) is 29.9 Å². The number of carbonyl (C=O) groups excluding carboxylic acids is 1. The molecular weight excluding hydrogens is 337 g/mol. The van der Waals surface area contributed by atoms with Crippen LogP contribution in [-0.4, -0.2) is 22.3 Å². The lowest BCUT2D eigenvalue weighted by Crippen LogP contribution is -2.36. The standard InChI is InChI=1S/C15H11BrFN3O/c16-12-2-3-13(17)11-8-20(6-5-10(11)12)15(21)14-4-1-9(7-18)19-14/h1-4,19H,5-6,8H2. The lowest BCUT2D eigenvalue weighted by atomic mass is 9.99. The van der Waals surface area contributed by atoms with E-state index in [2.05, 4.69) is 20.9 Å². The van der Waals surface area contributed by atoms with Gasteiger partial charge in [-0.05, 0) is 36.2 Å². The van der Waals surface area contributed by atoms with Crippen molar-refractivity contribution in [1.29, 1.82) is 5.26 Å². The number of nitriles is 1. The molecule has 1 aromatic heterocycles. The van der Waals surface area contributed by atoms with Gasteiger partial charge in [0.15, 0.2) is 0 Å². The van der Waals surface area contributed by atoms with Crippen molar-refractivity contribution >= 4 is 21.8 Å². The van der Waals surface area contributed by atoms with Crippen LogP contribution in [0.4, 0.5) is 4.39 Å². The Balaban J connectivity index is 1.88. The van der Waals surface area contributed by atoms with E-state index in [-0.39, 0.29) is 18.3 Å². The van der Waals surface area contributed by atoms with E-state index >= 15 is 0 Å². The van der Waals surface area contributed by atoms with E-state index in [1.54, 1.807) is 23.1 Å². The van der Waals surface area contributed by atoms with Gasteiger partial charge in [-0.2, -0.15) is 5.26 Å². The Morgan fingerprint density at radius 3 is 2.86 bits per heavy atom. The lowest BCUT2D eigenvalue weighted by molar-refractivity contribution is 0.0727. The summed E-state index contributed by atoms with van der Waals surface area (Å²) in [4.78, 5) is 16.7. The van der Waals surface area contributed by atoms with Gasteiger partial charge in [0.25, 0.3) is 5.91 Å². The molecule has 0 bridgehead atoms. The number of amides is 1. The van der Waals surface area contributed by atoms with Crippen molar-refractivity contribution in [2.75, 3.05) is 6.54 Å². The minimum atomic E-state index is -0.296. The number of nitrogens with one attached hydrogen (secondary N) is 1. The molecule has 0 unspecified atom stereocenters. The maximum Gasteiger partial charge on any atom is 0.270 e. The van der Waals surface area contributed by atoms with Gasteiger partial charge in [-0.1, -0.05) is 15.9 Å². The molecule has 1 aromatic carbocycles. The molecule has 2 heterocycles. The van der Waals surface area contributed by atoms with Gasteiger partial charge in [-0.15, -0.1) is 0 Å². The van der Waals surface area contributed by atoms with Crippen LogP contribution in [0.25, 0.3) is 0 Å². The maximum atomic E-state index is 13.9. The first-order valence-electron chi connectivity index (χ1n) is 6.44. The van der Waals surface area contributed by atoms with E-state index in [0.717, 1.165) is 10.0 Å². The van der Waals surface area contributed by atoms with Crippen LogP contribution < -0.4 is 0 Å². The number of H-pyrrole nitrogens is 1. The predicted octanol–water partition coefficient (Wildman–Crippen LogP) is 2.99. The minimum Gasteiger partial charge on any atom is -0.342 e. The first-order valence-corrected chi connectivity index (χ1v) is 7.23. The molecule has 0 saturated heterocycles. The molecular formula is C15H11BrFN3O. The zero-order chi connectivity index (χ0) is 15.0. The third-order valence-electron chi connectivity index (χ3n) is 3.62. The first kappa shape index (κ1) is 13.8. The zero-order valence-corrected chi connectivity index (χ0v) is 12.6. The molecule has 6 heteroatoms. The van der Waals surface area contributed by atoms with Crippen molar-refractivity contribution in [2.24, 2.45) is 0 Å². The number of hydrogen-bond donors (Lipinski definition) is 1. The van der Waals surface area contributed by atoms with Crippen molar-refractivity contribution in [3.8, 4) is 6.07 Å². The third-order valence-corrected chi connectivity index (χ3v) is 4.36. The summed E-state index contributed by atoms with van der Waals surface area (Å²) in [6.45, 7) is 0.759. The number of carbonyl (C=O) groups is 1. The zero-order valence-electron chi connectivity index (χ0n) is 11.0. The smallest absolute Gasteiger partial charge is 0.270 e. The summed E-state index contributed by atoms with van der Waals surface area (Å²) in [5.74, 6) is -0.517. The molecule has 3 rings (SSSR count). The highest BCUT2D eigenvalue weighted by molar-refractivity contribution is 9.10. The molecule has 1 amide bonds. The van der Waals surface area contributed by atoms with Crippen LogP contribution in [0.1, 0.15) is 27.3 Å². The second-order valence-electron chi connectivity index (χ2n) is 4.86. The number of fused-ring (bicyclic) bond motifs is 1. The number of halogens is 2. The van der Waals surface area contributed by atoms with Crippen LogP contribution in [-0.2, 0) is 13.0 Å². The third kappa shape index (κ3) is 2.45. The van der Waals surface area contributed by atoms with E-state index in [1.165, 1.54) is 6.07 Å². The molecule has 0 fully saturated rings. The fraction of sp³-hybridized carbons (Fsp3) is 0.200. The summed E-state index contributed by atoms with van der Waals surface area (Å²) >= 11 is 3.42. The van der Waals surface area contributed by atoms with Crippen molar-refractivity contribution in [1.82, 2.24) is 9.88 Å². The molecule has 1 aliphatic heterocycles. The maximum absolute atomic E-state index is 13.9. The average molecular weight is 348 g/mol. The fourth-order valence-corrected chi connectivity index (χ4v) is 3.09. The summed E-state index contributed by atoms with van der Waals surface area (Å²) in [7, 11) is 0. The SMILES string of the molecule is N#Cc1ccc(C(=O)N2CCc3c(Br)ccc(F)c3C2)[nH]1. The molecule has 0 spiro atoms. The van der Waals surface area contributed by atoms with Crippen molar-refractivity contribution in [2.45, 2.75) is 13.0 Å². The molecule has 0 atom stereocenters. The van der Waals surface area contributed by atoms with Crippen LogP contribution in [0.15, 0.2) is 28.7 Å². The van der Waals surface area contributed by atoms with Gasteiger partial charge in [-0.3, -0.25) is 4.79 Å². The van der Waals surface area contributed by atoms with Gasteiger partial charge in [0.1, 0.15) is 23.3 Å². The Kier molecular flexibility index (Phi) is 3.52. The van der Waals surface area contributed by atoms with Gasteiger partial charge in [-0.25, -0.2) is 4.39 Å². The van der Waals surface area contributed by atoms with Crippen LogP contribution >= 0.6 is 15.9 Å². The number of hydrogen-bond acceptors (Lipinski definition) is 2. The molecule has 2 aromatic rings. The minimum absolute atomic E-state index is 0.221. The molecule has 0 radical (unpaired) electrons. The number of nitrogens with zero attached hydrogens (tertiary/aromatic N) is 2. The monoisotopic (exact) mass is 347 g/mol. The van der Waals surface area contributed by atoms with Crippen molar-refractivity contribution in [3.63, 3.8) is 0 Å². The number of rotatable bonds is 1. The van der Waals surface area contributed by atoms with Crippen molar-refractivity contribution in [3.05, 3.63) is 57.1 Å². The summed E-state index contributed by atoms with van der Waals surface area (Å²) < 4.78 is 14.8. The van der Waals surface area contributed by atoms with Crippen LogP contribution in [0.3, 0.4) is 0 Å². The molecule has 4 nitrogen and oxygen atoms in total. The molecule has 0 saturated carbocycles. The van der Waals surface area contributed by atoms with E-state index in [9.17, 15) is 9.18 Å². The van der Waals surface area contributed by atoms with E-state index in [1.807, 2.05) is 6.07 Å². The summed E-state index contributed by atoms with van der Waals surface area (Å²) in [5, 5.41) is 8.78. The van der Waals surface area contributed by atoms with E-state index < -0.39 is 0 Å². The molecule has 106 valence electrons. The average Bonchev–Trinajstić information content (AvgIpc) is 2.99. The molecule has 0 aliphatic carbocycles. The van der Waals surface area contributed by atoms with Gasteiger partial charge < -0.3 is 9.88 Å². The Labute approximate surface area is 129 Å². The topological polar surface area (TPSA) is 59.9 Å². The summed E-state index contributed by atoms with van der Waals surface area (Å²) in [5.41, 5.74) is 2.16. The Bertz CT molecular complexity index is 763. The highest BCUT2D eigenvalue weighted by Gasteiger charge is 2.26. The van der Waals surface area contributed by atoms with Crippen LogP contribution in [0, 0.1) is 17.1 Å². The van der Waals surface area contributed by atoms with Gasteiger partial charge >= 0.3 is 0 Å². The Morgan fingerprint density at radius 2 is 2.14 bits per heavy atom. The first-order chi connectivity index (χ1) is 10.1. The lowest BCUT2D eigenvalue weighted by Gasteiger charge is -2.29. The van der Waals surface area contributed by atoms with E-state index in [4.69, 9.17) is 5.26 Å². The Morgan fingerprint density at radius 1 is 1.33 bits per heavy atom. The number of aromatic nitrogens is 1. The number of aromatic amines is 1. The fourth-order valence-electron chi connectivity index (χ4n) is 2.52. The normalized spacial score (nSPS) is 13.7. The highest BCUT2D eigenvalue weighted by atomic mass is 79.9. The molecule has 1 N–H and O–H groups in total. The molecule has 1 aliphatic rings. The van der Waals surface area contributed by atoms with Gasteiger partial charge in [0.2, 0.25) is 0 Å². The Hall–Kier alpha value is -2.13. The van der Waals surface area contributed by atoms with Crippen molar-refractivity contribution < 1.29 is 9.18 Å².